The van der Waals surface area contributed by atoms with E-state index >= 15 is 0 Å². The molecule has 0 amide bonds. The first-order chi connectivity index (χ1) is 8.20. The van der Waals surface area contributed by atoms with E-state index in [1.165, 1.54) is 30.3 Å². The van der Waals surface area contributed by atoms with E-state index in [1.54, 1.807) is 11.3 Å². The van der Waals surface area contributed by atoms with E-state index in [4.69, 9.17) is 4.98 Å². The van der Waals surface area contributed by atoms with Gasteiger partial charge in [-0.05, 0) is 24.8 Å². The van der Waals surface area contributed by atoms with Crippen molar-refractivity contribution in [2.45, 2.75) is 33.7 Å². The molecule has 1 aromatic rings. The van der Waals surface area contributed by atoms with Gasteiger partial charge in [-0.2, -0.15) is 0 Å². The molecular formula is C13H23N3S. The van der Waals surface area contributed by atoms with Crippen molar-refractivity contribution in [3.63, 3.8) is 0 Å². The van der Waals surface area contributed by atoms with Crippen molar-refractivity contribution in [1.82, 2.24) is 10.3 Å². The van der Waals surface area contributed by atoms with E-state index < -0.39 is 0 Å². The molecule has 96 valence electrons. The lowest BCUT2D eigenvalue weighted by atomic mass is 9.95. The van der Waals surface area contributed by atoms with E-state index in [0.29, 0.717) is 0 Å². The molecule has 0 aromatic carbocycles. The summed E-state index contributed by atoms with van der Waals surface area (Å²) in [5.41, 5.74) is 1.18. The van der Waals surface area contributed by atoms with Crippen LogP contribution in [0.5, 0.6) is 0 Å². The number of hydrogen-bond donors (Lipinski definition) is 1. The zero-order valence-corrected chi connectivity index (χ0v) is 11.9. The highest BCUT2D eigenvalue weighted by Crippen LogP contribution is 2.30. The Morgan fingerprint density at radius 2 is 2.41 bits per heavy atom. The Balaban J connectivity index is 1.92. The molecule has 0 spiro atoms. The molecule has 1 aliphatic rings. The van der Waals surface area contributed by atoms with Crippen LogP contribution >= 0.6 is 11.3 Å². The zero-order valence-electron chi connectivity index (χ0n) is 11.1. The van der Waals surface area contributed by atoms with Crippen LogP contribution in [-0.2, 0) is 6.54 Å². The maximum Gasteiger partial charge on any atom is 0.185 e. The highest BCUT2D eigenvalue weighted by Gasteiger charge is 2.26. The average Bonchev–Trinajstić information content (AvgIpc) is 2.94. The van der Waals surface area contributed by atoms with Gasteiger partial charge in [-0.1, -0.05) is 20.8 Å². The summed E-state index contributed by atoms with van der Waals surface area (Å²) in [5, 5.41) is 6.71. The molecule has 1 saturated heterocycles. The summed E-state index contributed by atoms with van der Waals surface area (Å²) in [5.74, 6) is 1.64. The van der Waals surface area contributed by atoms with Gasteiger partial charge in [0.2, 0.25) is 0 Å². The molecule has 1 unspecified atom stereocenters. The molecule has 0 aliphatic carbocycles. The molecule has 0 saturated carbocycles. The predicted octanol–water partition coefficient (Wildman–Crippen LogP) is 2.73. The van der Waals surface area contributed by atoms with Crippen LogP contribution in [0.3, 0.4) is 0 Å². The Hall–Kier alpha value is -0.610. The zero-order chi connectivity index (χ0) is 12.3. The Kier molecular flexibility index (Phi) is 4.40. The van der Waals surface area contributed by atoms with E-state index in [2.05, 4.69) is 36.4 Å². The molecule has 2 heterocycles. The minimum atomic E-state index is 0.793. The van der Waals surface area contributed by atoms with Gasteiger partial charge in [-0.15, -0.1) is 11.3 Å². The van der Waals surface area contributed by atoms with Gasteiger partial charge in [-0.3, -0.25) is 0 Å². The Morgan fingerprint density at radius 3 is 3.06 bits per heavy atom. The monoisotopic (exact) mass is 253 g/mol. The first-order valence-corrected chi connectivity index (χ1v) is 7.48. The van der Waals surface area contributed by atoms with Crippen LogP contribution in [0, 0.1) is 11.8 Å². The third kappa shape index (κ3) is 3.19. The number of hydrogen-bond acceptors (Lipinski definition) is 4. The number of thiazole rings is 1. The van der Waals surface area contributed by atoms with Crippen LogP contribution < -0.4 is 10.2 Å². The minimum Gasteiger partial charge on any atom is -0.348 e. The van der Waals surface area contributed by atoms with Crippen LogP contribution in [0.4, 0.5) is 5.13 Å². The average molecular weight is 253 g/mol. The van der Waals surface area contributed by atoms with Crippen molar-refractivity contribution < 1.29 is 0 Å². The van der Waals surface area contributed by atoms with Gasteiger partial charge in [0.25, 0.3) is 0 Å². The molecular weight excluding hydrogens is 230 g/mol. The Bertz CT molecular complexity index is 348. The summed E-state index contributed by atoms with van der Waals surface area (Å²) < 4.78 is 0. The van der Waals surface area contributed by atoms with Crippen molar-refractivity contribution in [2.24, 2.45) is 11.8 Å². The number of nitrogens with zero attached hydrogens (tertiary/aromatic N) is 2. The highest BCUT2D eigenvalue weighted by molar-refractivity contribution is 7.13. The van der Waals surface area contributed by atoms with E-state index in [1.807, 2.05) is 0 Å². The second kappa shape index (κ2) is 5.83. The van der Waals surface area contributed by atoms with E-state index in [9.17, 15) is 0 Å². The second-order valence-electron chi connectivity index (χ2n) is 5.14. The first-order valence-electron chi connectivity index (χ1n) is 6.60. The fourth-order valence-corrected chi connectivity index (χ4v) is 3.14. The van der Waals surface area contributed by atoms with Gasteiger partial charge >= 0.3 is 0 Å². The SMILES string of the molecule is CCNCc1csc(N2CCC(C(C)C)C2)n1. The van der Waals surface area contributed by atoms with E-state index in [0.717, 1.165) is 24.9 Å². The topological polar surface area (TPSA) is 28.2 Å². The Labute approximate surface area is 108 Å². The van der Waals surface area contributed by atoms with Crippen LogP contribution in [0.25, 0.3) is 0 Å². The molecule has 1 aromatic heterocycles. The van der Waals surface area contributed by atoms with Crippen molar-refractivity contribution in [2.75, 3.05) is 24.5 Å². The predicted molar refractivity (Wildman–Crippen MR) is 74.7 cm³/mol. The molecule has 3 nitrogen and oxygen atoms in total. The molecule has 1 N–H and O–H groups in total. The summed E-state index contributed by atoms with van der Waals surface area (Å²) in [6.45, 7) is 11.0. The molecule has 1 atom stereocenters. The van der Waals surface area contributed by atoms with Crippen molar-refractivity contribution in [3.8, 4) is 0 Å². The summed E-state index contributed by atoms with van der Waals surface area (Å²) in [4.78, 5) is 7.15. The third-order valence-corrected chi connectivity index (χ3v) is 4.48. The molecule has 0 radical (unpaired) electrons. The van der Waals surface area contributed by atoms with Crippen molar-refractivity contribution >= 4 is 16.5 Å². The summed E-state index contributed by atoms with van der Waals surface area (Å²) in [7, 11) is 0. The normalized spacial score (nSPS) is 20.5. The third-order valence-electron chi connectivity index (χ3n) is 3.53. The van der Waals surface area contributed by atoms with Crippen LogP contribution in [0.15, 0.2) is 5.38 Å². The number of nitrogens with one attached hydrogen (secondary N) is 1. The molecule has 1 fully saturated rings. The van der Waals surface area contributed by atoms with Crippen LogP contribution in [-0.4, -0.2) is 24.6 Å². The minimum absolute atomic E-state index is 0.793. The highest BCUT2D eigenvalue weighted by atomic mass is 32.1. The van der Waals surface area contributed by atoms with Crippen LogP contribution in [0.1, 0.15) is 32.9 Å². The lowest BCUT2D eigenvalue weighted by Gasteiger charge is -2.16. The summed E-state index contributed by atoms with van der Waals surface area (Å²) >= 11 is 1.79. The van der Waals surface area contributed by atoms with Gasteiger partial charge in [0.05, 0.1) is 5.69 Å². The quantitative estimate of drug-likeness (QED) is 0.874. The van der Waals surface area contributed by atoms with Gasteiger partial charge < -0.3 is 10.2 Å². The molecule has 4 heteroatoms. The maximum absolute atomic E-state index is 4.71. The lowest BCUT2D eigenvalue weighted by molar-refractivity contribution is 0.422. The van der Waals surface area contributed by atoms with Gasteiger partial charge in [0.1, 0.15) is 0 Å². The standard InChI is InChI=1S/C13H23N3S/c1-4-14-7-12-9-17-13(15-12)16-6-5-11(8-16)10(2)3/h9-11,14H,4-8H2,1-3H3. The molecule has 2 rings (SSSR count). The number of aromatic nitrogens is 1. The first kappa shape index (κ1) is 12.8. The fraction of sp³-hybridized carbons (Fsp3) is 0.769. The van der Waals surface area contributed by atoms with Gasteiger partial charge in [0.15, 0.2) is 5.13 Å². The second-order valence-corrected chi connectivity index (χ2v) is 5.98. The molecule has 17 heavy (non-hydrogen) atoms. The smallest absolute Gasteiger partial charge is 0.185 e. The van der Waals surface area contributed by atoms with Crippen molar-refractivity contribution in [3.05, 3.63) is 11.1 Å². The van der Waals surface area contributed by atoms with E-state index in [-0.39, 0.29) is 0 Å². The molecule has 1 aliphatic heterocycles. The summed E-state index contributed by atoms with van der Waals surface area (Å²) in [6.07, 6.45) is 1.32. The fourth-order valence-electron chi connectivity index (χ4n) is 2.28. The number of anilines is 1. The lowest BCUT2D eigenvalue weighted by Crippen LogP contribution is -2.21. The largest absolute Gasteiger partial charge is 0.348 e. The maximum atomic E-state index is 4.71. The van der Waals surface area contributed by atoms with Gasteiger partial charge in [-0.25, -0.2) is 4.98 Å². The number of rotatable bonds is 5. The van der Waals surface area contributed by atoms with Crippen LogP contribution in [0.2, 0.25) is 0 Å². The summed E-state index contributed by atoms with van der Waals surface area (Å²) in [6, 6.07) is 0. The Morgan fingerprint density at radius 1 is 1.59 bits per heavy atom. The van der Waals surface area contributed by atoms with Gasteiger partial charge in [0, 0.05) is 25.0 Å². The molecule has 0 bridgehead atoms. The van der Waals surface area contributed by atoms with Crippen molar-refractivity contribution in [1.29, 1.82) is 0 Å².